The molecule has 3 aromatic rings. The molecule has 0 spiro atoms. The van der Waals surface area contributed by atoms with E-state index in [0.29, 0.717) is 6.54 Å². The summed E-state index contributed by atoms with van der Waals surface area (Å²) < 4.78 is 7.10. The molecule has 24 heavy (non-hydrogen) atoms. The van der Waals surface area contributed by atoms with Gasteiger partial charge in [0.05, 0.1) is 18.4 Å². The predicted octanol–water partition coefficient (Wildman–Crippen LogP) is 3.38. The van der Waals surface area contributed by atoms with Crippen molar-refractivity contribution in [3.63, 3.8) is 0 Å². The molecule has 0 saturated heterocycles. The van der Waals surface area contributed by atoms with Crippen molar-refractivity contribution in [2.24, 2.45) is 0 Å². The highest BCUT2D eigenvalue weighted by atomic mass is 32.1. The van der Waals surface area contributed by atoms with E-state index in [0.717, 1.165) is 27.9 Å². The molecular formula is C17H21N5OS. The van der Waals surface area contributed by atoms with E-state index in [1.54, 1.807) is 23.1 Å². The highest BCUT2D eigenvalue weighted by Crippen LogP contribution is 2.22. The third-order valence-corrected chi connectivity index (χ3v) is 4.78. The number of hydrogen-bond acceptors (Lipinski definition) is 6. The van der Waals surface area contributed by atoms with E-state index in [-0.39, 0.29) is 6.10 Å². The van der Waals surface area contributed by atoms with Gasteiger partial charge in [-0.2, -0.15) is 5.10 Å². The molecule has 0 radical (unpaired) electrons. The van der Waals surface area contributed by atoms with Crippen molar-refractivity contribution in [3.8, 4) is 5.82 Å². The molecule has 0 fully saturated rings. The van der Waals surface area contributed by atoms with Crippen LogP contribution < -0.4 is 4.90 Å². The van der Waals surface area contributed by atoms with Crippen molar-refractivity contribution in [1.29, 1.82) is 0 Å². The van der Waals surface area contributed by atoms with Crippen LogP contribution >= 0.6 is 11.3 Å². The summed E-state index contributed by atoms with van der Waals surface area (Å²) in [6.45, 7) is 4.71. The molecule has 0 aliphatic carbocycles. The van der Waals surface area contributed by atoms with Crippen LogP contribution in [0.15, 0.2) is 36.0 Å². The Hall–Kier alpha value is -2.25. The van der Waals surface area contributed by atoms with Gasteiger partial charge in [-0.25, -0.2) is 14.6 Å². The molecule has 126 valence electrons. The second-order valence-electron chi connectivity index (χ2n) is 5.73. The van der Waals surface area contributed by atoms with Crippen LogP contribution in [0.5, 0.6) is 0 Å². The van der Waals surface area contributed by atoms with Crippen molar-refractivity contribution >= 4 is 17.2 Å². The molecule has 0 bridgehead atoms. The number of ether oxygens (including phenoxy) is 1. The second kappa shape index (κ2) is 7.11. The van der Waals surface area contributed by atoms with Crippen LogP contribution in [-0.4, -0.2) is 33.9 Å². The van der Waals surface area contributed by atoms with E-state index in [1.807, 2.05) is 51.5 Å². The van der Waals surface area contributed by atoms with Gasteiger partial charge in [-0.1, -0.05) is 6.07 Å². The van der Waals surface area contributed by atoms with Crippen molar-refractivity contribution in [2.75, 3.05) is 19.1 Å². The molecule has 7 heteroatoms. The van der Waals surface area contributed by atoms with Gasteiger partial charge in [0.2, 0.25) is 0 Å². The van der Waals surface area contributed by atoms with Crippen molar-refractivity contribution in [1.82, 2.24) is 19.7 Å². The molecule has 0 aromatic carbocycles. The molecule has 0 amide bonds. The van der Waals surface area contributed by atoms with Crippen LogP contribution in [0.2, 0.25) is 0 Å². The molecule has 6 nitrogen and oxygen atoms in total. The van der Waals surface area contributed by atoms with Gasteiger partial charge < -0.3 is 9.64 Å². The van der Waals surface area contributed by atoms with E-state index in [2.05, 4.69) is 25.3 Å². The number of pyridine rings is 1. The predicted molar refractivity (Wildman–Crippen MR) is 95.7 cm³/mol. The van der Waals surface area contributed by atoms with Gasteiger partial charge in [0.25, 0.3) is 0 Å². The first-order valence-corrected chi connectivity index (χ1v) is 8.61. The fraction of sp³-hybridized carbons (Fsp3) is 0.353. The Morgan fingerprint density at radius 1 is 1.33 bits per heavy atom. The molecule has 0 aliphatic rings. The highest BCUT2D eigenvalue weighted by molar-refractivity contribution is 7.09. The van der Waals surface area contributed by atoms with Crippen LogP contribution in [0.25, 0.3) is 5.82 Å². The minimum atomic E-state index is 0.0264. The largest absolute Gasteiger partial charge is 0.375 e. The lowest BCUT2D eigenvalue weighted by atomic mass is 10.3. The summed E-state index contributed by atoms with van der Waals surface area (Å²) in [5, 5.41) is 7.38. The lowest BCUT2D eigenvalue weighted by Crippen LogP contribution is -2.18. The summed E-state index contributed by atoms with van der Waals surface area (Å²) in [5.41, 5.74) is 2.13. The lowest BCUT2D eigenvalue weighted by molar-refractivity contribution is 0.119. The maximum Gasteiger partial charge on any atom is 0.155 e. The quantitative estimate of drug-likeness (QED) is 0.687. The van der Waals surface area contributed by atoms with Gasteiger partial charge in [0.1, 0.15) is 16.9 Å². The molecule has 3 rings (SSSR count). The third-order valence-electron chi connectivity index (χ3n) is 3.73. The number of aryl methyl sites for hydroxylation is 1. The lowest BCUT2D eigenvalue weighted by Gasteiger charge is -2.17. The molecule has 0 aliphatic heterocycles. The molecule has 1 atom stereocenters. The first-order chi connectivity index (χ1) is 11.6. The molecule has 0 saturated carbocycles. The summed E-state index contributed by atoms with van der Waals surface area (Å²) in [6.07, 6.45) is 3.81. The van der Waals surface area contributed by atoms with E-state index < -0.39 is 0 Å². The highest BCUT2D eigenvalue weighted by Gasteiger charge is 2.12. The number of rotatable bonds is 6. The number of hydrogen-bond donors (Lipinski definition) is 0. The fourth-order valence-corrected chi connectivity index (χ4v) is 3.14. The van der Waals surface area contributed by atoms with Gasteiger partial charge in [0, 0.05) is 25.7 Å². The SMILES string of the molecule is CO[C@H](C)c1nc(CN(C)c2cccc(-n3cc(C)cn3)n2)cs1. The van der Waals surface area contributed by atoms with Crippen LogP contribution in [0, 0.1) is 6.92 Å². The molecule has 0 N–H and O–H groups in total. The van der Waals surface area contributed by atoms with E-state index in [9.17, 15) is 0 Å². The zero-order chi connectivity index (χ0) is 17.1. The van der Waals surface area contributed by atoms with Crippen molar-refractivity contribution in [3.05, 3.63) is 52.2 Å². The minimum absolute atomic E-state index is 0.0264. The van der Waals surface area contributed by atoms with E-state index in [4.69, 9.17) is 4.74 Å². The summed E-state index contributed by atoms with van der Waals surface area (Å²) in [7, 11) is 3.71. The van der Waals surface area contributed by atoms with Crippen LogP contribution in [0.4, 0.5) is 5.82 Å². The minimum Gasteiger partial charge on any atom is -0.375 e. The summed E-state index contributed by atoms with van der Waals surface area (Å²) in [6, 6.07) is 5.93. The number of anilines is 1. The second-order valence-corrected chi connectivity index (χ2v) is 6.62. The maximum atomic E-state index is 5.32. The normalized spacial score (nSPS) is 12.3. The van der Waals surface area contributed by atoms with Gasteiger partial charge in [-0.3, -0.25) is 0 Å². The Kier molecular flexibility index (Phi) is 4.92. The van der Waals surface area contributed by atoms with Gasteiger partial charge in [-0.05, 0) is 31.5 Å². The zero-order valence-corrected chi connectivity index (χ0v) is 15.1. The Morgan fingerprint density at radius 3 is 2.88 bits per heavy atom. The molecule has 3 aromatic heterocycles. The summed E-state index contributed by atoms with van der Waals surface area (Å²) in [5.74, 6) is 1.69. The van der Waals surface area contributed by atoms with Crippen LogP contribution in [-0.2, 0) is 11.3 Å². The third kappa shape index (κ3) is 3.63. The number of methoxy groups -OCH3 is 1. The van der Waals surface area contributed by atoms with Crippen LogP contribution in [0.3, 0.4) is 0 Å². The Labute approximate surface area is 145 Å². The standard InChI is InChI=1S/C17H21N5OS/c1-12-8-18-22(9-12)16-7-5-6-15(20-16)21(3)10-14-11-24-17(19-14)13(2)23-4/h5-9,11,13H,10H2,1-4H3/t13-/m1/s1. The topological polar surface area (TPSA) is 56.1 Å². The van der Waals surface area contributed by atoms with Crippen LogP contribution in [0.1, 0.15) is 29.3 Å². The first kappa shape index (κ1) is 16.6. The number of aromatic nitrogens is 4. The first-order valence-electron chi connectivity index (χ1n) is 7.73. The van der Waals surface area contributed by atoms with Gasteiger partial charge >= 0.3 is 0 Å². The van der Waals surface area contributed by atoms with E-state index >= 15 is 0 Å². The number of nitrogens with zero attached hydrogens (tertiary/aromatic N) is 5. The monoisotopic (exact) mass is 343 g/mol. The van der Waals surface area contributed by atoms with Crippen molar-refractivity contribution < 1.29 is 4.74 Å². The average molecular weight is 343 g/mol. The Bertz CT molecular complexity index is 813. The maximum absolute atomic E-state index is 5.32. The Morgan fingerprint density at radius 2 is 2.17 bits per heavy atom. The van der Waals surface area contributed by atoms with Crippen molar-refractivity contribution in [2.45, 2.75) is 26.5 Å². The van der Waals surface area contributed by atoms with Gasteiger partial charge in [0.15, 0.2) is 5.82 Å². The summed E-state index contributed by atoms with van der Waals surface area (Å²) >= 11 is 1.62. The molecule has 0 unspecified atom stereocenters. The average Bonchev–Trinajstić information content (AvgIpc) is 3.23. The summed E-state index contributed by atoms with van der Waals surface area (Å²) in [4.78, 5) is 11.4. The van der Waals surface area contributed by atoms with E-state index in [1.165, 1.54) is 0 Å². The fourth-order valence-electron chi connectivity index (χ4n) is 2.30. The smallest absolute Gasteiger partial charge is 0.155 e. The Balaban J connectivity index is 1.75. The number of thiazole rings is 1. The molecule has 3 heterocycles. The van der Waals surface area contributed by atoms with Gasteiger partial charge in [-0.15, -0.1) is 11.3 Å². The zero-order valence-electron chi connectivity index (χ0n) is 14.3. The molecular weight excluding hydrogens is 322 g/mol.